The van der Waals surface area contributed by atoms with Gasteiger partial charge in [0.15, 0.2) is 61.3 Å². The lowest BCUT2D eigenvalue weighted by molar-refractivity contribution is -0.403. The number of nitrogens with one attached hydrogen (secondary N) is 4. The lowest BCUT2D eigenvalue weighted by Crippen LogP contribution is -2.75. The highest BCUT2D eigenvalue weighted by molar-refractivity contribution is 5.82. The molecule has 0 radical (unpaired) electrons. The molecule has 0 aromatic heterocycles. The predicted molar refractivity (Wildman–Crippen MR) is 353 cm³/mol. The van der Waals surface area contributed by atoms with Crippen molar-refractivity contribution < 1.29 is 196 Å². The molecular formula is C67H94N4O41. The molecule has 112 heavy (non-hydrogen) atoms. The molecule has 0 saturated carbocycles. The zero-order valence-corrected chi connectivity index (χ0v) is 64.4. The maximum Gasteiger partial charge on any atom is 0.408 e. The number of hydrogen-bond donors (Lipinski definition) is 5. The Morgan fingerprint density at radius 2 is 0.946 bits per heavy atom. The van der Waals surface area contributed by atoms with Crippen LogP contribution in [-0.4, -0.2) is 298 Å². The van der Waals surface area contributed by atoms with Crippen LogP contribution in [0.15, 0.2) is 0 Å². The zero-order valence-electron chi connectivity index (χ0n) is 64.4. The summed E-state index contributed by atoms with van der Waals surface area (Å²) in [6.07, 6.45) is -39.4. The van der Waals surface area contributed by atoms with E-state index < -0.39 is 299 Å². The van der Waals surface area contributed by atoms with Crippen molar-refractivity contribution in [2.75, 3.05) is 40.1 Å². The van der Waals surface area contributed by atoms with Crippen molar-refractivity contribution in [3.63, 3.8) is 0 Å². The van der Waals surface area contributed by atoms with Crippen molar-refractivity contribution in [1.29, 1.82) is 0 Å². The van der Waals surface area contributed by atoms with Crippen molar-refractivity contribution in [2.24, 2.45) is 0 Å². The Morgan fingerprint density at radius 1 is 0.491 bits per heavy atom. The molecule has 628 valence electrons. The number of esters is 13. The van der Waals surface area contributed by atoms with E-state index in [1.54, 1.807) is 0 Å². The van der Waals surface area contributed by atoms with Crippen LogP contribution < -0.4 is 21.3 Å². The summed E-state index contributed by atoms with van der Waals surface area (Å²) in [4.78, 5) is 240. The van der Waals surface area contributed by atoms with Crippen LogP contribution in [0, 0.1) is 0 Å². The zero-order chi connectivity index (χ0) is 84.4. The van der Waals surface area contributed by atoms with Crippen LogP contribution in [0.1, 0.15) is 131 Å². The Labute approximate surface area is 638 Å². The Bertz CT molecular complexity index is 3510. The van der Waals surface area contributed by atoms with E-state index in [1.165, 1.54) is 20.8 Å². The smallest absolute Gasteiger partial charge is 0.408 e. The quantitative estimate of drug-likeness (QED) is 0.0330. The second-order valence-corrected chi connectivity index (χ2v) is 26.9. The molecule has 5 aliphatic rings. The number of hydrogen-bond acceptors (Lipinski definition) is 40. The maximum absolute atomic E-state index is 15.2. The monoisotopic (exact) mass is 1610 g/mol. The Kier molecular flexibility index (Phi) is 33.4. The van der Waals surface area contributed by atoms with Gasteiger partial charge >= 0.3 is 89.7 Å². The van der Waals surface area contributed by atoms with E-state index in [4.69, 9.17) is 104 Å². The van der Waals surface area contributed by atoms with E-state index in [0.717, 1.165) is 104 Å². The molecule has 1 spiro atoms. The number of carbonyl (C=O) groups excluding carboxylic acids is 17. The molecule has 0 aromatic rings. The SMILES string of the molecule is COC(=O)[C@@]1(OCC2O[C@H](OC[C@H](NC(=O)OC(C)(C)C)C(=O)O)C(NC(C)=O)[C@@H](O[C@@H]3OC(COC(C)=O)[C@@H]4OC(=O)[C@]5(C[C@@H](OC(C)=O)[C@@H](NC(C)=O)C([C@H](OC(C)=O)[C@@H](COC(C)=O)OC(C)=O)O5)OC4[C@@H]3OC(C)=O)[C@H]2OC(C)=O)C[C@@H](OC(C)=O)[C@@H](NC(C)=O)C([C@H](OC(C)=O)[C@@H](COC(C)=O)OC(C)=O)O1. The van der Waals surface area contributed by atoms with Gasteiger partial charge in [-0.3, -0.25) is 67.1 Å². The van der Waals surface area contributed by atoms with Crippen LogP contribution in [0.2, 0.25) is 0 Å². The van der Waals surface area contributed by atoms with Crippen LogP contribution in [-0.2, 0) is 186 Å². The highest BCUT2D eigenvalue weighted by Gasteiger charge is 2.68. The first-order valence-electron chi connectivity index (χ1n) is 34.4. The number of alkyl carbamates (subject to hydrolysis) is 1. The van der Waals surface area contributed by atoms with E-state index >= 15 is 4.79 Å². The minimum atomic E-state index is -3.14. The summed E-state index contributed by atoms with van der Waals surface area (Å²) < 4.78 is 130. The molecule has 5 heterocycles. The normalized spacial score (nSPS) is 29.3. The molecular weight excluding hydrogens is 1520 g/mol. The number of carboxylic acid groups (broad SMARTS) is 1. The molecule has 5 fully saturated rings. The van der Waals surface area contributed by atoms with Gasteiger partial charge in [-0.1, -0.05) is 0 Å². The van der Waals surface area contributed by atoms with Gasteiger partial charge in [-0.15, -0.1) is 0 Å². The van der Waals surface area contributed by atoms with Gasteiger partial charge in [0, 0.05) is 96.9 Å². The summed E-state index contributed by atoms with van der Waals surface area (Å²) in [5.74, 6) is -26.3. The van der Waals surface area contributed by atoms with Crippen molar-refractivity contribution in [1.82, 2.24) is 21.3 Å². The standard InChI is InChI=1S/C67H94N4O41/c1-26(72)68-47-41(97-32(7)78)19-66(62(88)91-18,109-55(47)51(102-37(12)83)43(99-34(9)80)22-92-29(4)75)96-25-46-50(101-36(11)82)54(49(70-28(3)74)60(105-46)95-21-40(59(86)87)71-64(90)112-65(15,16)17)107-61-58(104-39(14)85)57-53(45(106-61)24-94-31(6)77)108-63(89)67(111-57)20-42(98-33(8)79)48(69-27(2)73)56(110-67)52(103-38(13)84)44(100-35(10)81)23-93-30(5)76/h40-58,60-61H,19-25H2,1-18H3,(H,68,72)(H,69,73)(H,70,74)(H,71,90)(H,86,87)/t40-,41+,42+,43+,44+,45?,46?,47+,48+,49?,50-,51+,52+,53-,54+,55?,56?,57?,58-,60-,61-,66+,67-/m0/s1. The Morgan fingerprint density at radius 3 is 1.38 bits per heavy atom. The lowest BCUT2D eigenvalue weighted by atomic mass is 9.86. The number of ether oxygens (including phenoxy) is 22. The van der Waals surface area contributed by atoms with Gasteiger partial charge in [-0.25, -0.2) is 19.2 Å². The number of amides is 4. The van der Waals surface area contributed by atoms with Crippen molar-refractivity contribution >= 4 is 107 Å². The maximum atomic E-state index is 15.2. The molecule has 0 aliphatic carbocycles. The first-order valence-corrected chi connectivity index (χ1v) is 34.4. The third kappa shape index (κ3) is 26.6. The molecule has 5 aliphatic heterocycles. The lowest BCUT2D eigenvalue weighted by Gasteiger charge is -2.55. The van der Waals surface area contributed by atoms with Crippen molar-refractivity contribution in [2.45, 2.75) is 276 Å². The second kappa shape index (κ2) is 40.4. The summed E-state index contributed by atoms with van der Waals surface area (Å²) >= 11 is 0. The average Bonchev–Trinajstić information content (AvgIpc) is 0.728. The van der Waals surface area contributed by atoms with Gasteiger partial charge in [0.05, 0.1) is 45.2 Å². The number of fused-ring (bicyclic) bond motifs is 1. The first-order chi connectivity index (χ1) is 52.1. The molecule has 5 N–H and O–H groups in total. The van der Waals surface area contributed by atoms with Gasteiger partial charge in [0.2, 0.25) is 17.7 Å². The molecule has 0 bridgehead atoms. The van der Waals surface area contributed by atoms with E-state index in [1.807, 2.05) is 0 Å². The fourth-order valence-electron chi connectivity index (χ4n) is 12.5. The minimum Gasteiger partial charge on any atom is -0.480 e. The molecule has 23 atom stereocenters. The Balaban J connectivity index is 1.86. The van der Waals surface area contributed by atoms with E-state index in [2.05, 4.69) is 21.3 Å². The predicted octanol–water partition coefficient (Wildman–Crippen LogP) is -3.06. The largest absolute Gasteiger partial charge is 0.480 e. The van der Waals surface area contributed by atoms with Crippen LogP contribution in [0.25, 0.3) is 0 Å². The highest BCUT2D eigenvalue weighted by Crippen LogP contribution is 2.46. The fourth-order valence-corrected chi connectivity index (χ4v) is 12.5. The second-order valence-electron chi connectivity index (χ2n) is 26.9. The number of carbonyl (C=O) groups is 18. The number of aliphatic carboxylic acids is 1. The van der Waals surface area contributed by atoms with Gasteiger partial charge in [0.1, 0.15) is 80.3 Å². The van der Waals surface area contributed by atoms with Gasteiger partial charge in [-0.05, 0) is 20.8 Å². The van der Waals surface area contributed by atoms with Crippen LogP contribution in [0.3, 0.4) is 0 Å². The molecule has 45 heteroatoms. The van der Waals surface area contributed by atoms with Crippen molar-refractivity contribution in [3.8, 4) is 0 Å². The Hall–Kier alpha value is -10.1. The fraction of sp³-hybridized carbons (Fsp3) is 0.731. The first kappa shape index (κ1) is 92.5. The minimum absolute atomic E-state index is 0.795. The van der Waals surface area contributed by atoms with E-state index in [-0.39, 0.29) is 0 Å². The third-order valence-corrected chi connectivity index (χ3v) is 16.2. The van der Waals surface area contributed by atoms with Gasteiger partial charge in [0.25, 0.3) is 11.6 Å². The molecule has 5 saturated heterocycles. The average molecular weight is 1610 g/mol. The molecule has 4 amide bonds. The summed E-state index contributed by atoms with van der Waals surface area (Å²) in [5, 5.41) is 20.1. The van der Waals surface area contributed by atoms with Crippen LogP contribution in [0.4, 0.5) is 4.79 Å². The van der Waals surface area contributed by atoms with Crippen LogP contribution in [0.5, 0.6) is 0 Å². The number of methoxy groups -OCH3 is 1. The van der Waals surface area contributed by atoms with Crippen LogP contribution >= 0.6 is 0 Å². The third-order valence-electron chi connectivity index (χ3n) is 16.2. The highest BCUT2D eigenvalue weighted by atomic mass is 16.8. The van der Waals surface area contributed by atoms with Crippen molar-refractivity contribution in [3.05, 3.63) is 0 Å². The van der Waals surface area contributed by atoms with Gasteiger partial charge in [-0.2, -0.15) is 0 Å². The molecule has 6 unspecified atom stereocenters. The van der Waals surface area contributed by atoms with Gasteiger partial charge < -0.3 is 131 Å². The topological polar surface area (TPSA) is 579 Å². The summed E-state index contributed by atoms with van der Waals surface area (Å²) in [5.41, 5.74) is -1.23. The molecule has 0 aromatic carbocycles. The number of rotatable bonds is 32. The van der Waals surface area contributed by atoms with E-state index in [9.17, 15) is 86.6 Å². The molecule has 5 rings (SSSR count). The molecule has 45 nitrogen and oxygen atoms in total. The summed E-state index contributed by atoms with van der Waals surface area (Å²) in [6, 6.07) is -7.74. The summed E-state index contributed by atoms with van der Waals surface area (Å²) in [6.45, 7) is 11.7. The number of carboxylic acids is 1. The van der Waals surface area contributed by atoms with E-state index in [0.29, 0.717) is 0 Å². The summed E-state index contributed by atoms with van der Waals surface area (Å²) in [7, 11) is 0.795.